The van der Waals surface area contributed by atoms with Gasteiger partial charge < -0.3 is 10.1 Å². The molecule has 2 aromatic carbocycles. The molecule has 0 atom stereocenters. The number of nitrogens with one attached hydrogen (secondary N) is 2. The van der Waals surface area contributed by atoms with Crippen LogP contribution in [0.25, 0.3) is 0 Å². The molecule has 1 aliphatic heterocycles. The third-order valence-corrected chi connectivity index (χ3v) is 5.81. The van der Waals surface area contributed by atoms with Crippen LogP contribution >= 0.6 is 11.6 Å². The van der Waals surface area contributed by atoms with Crippen molar-refractivity contribution in [1.82, 2.24) is 14.9 Å². The lowest BCUT2D eigenvalue weighted by atomic mass is 10.3. The van der Waals surface area contributed by atoms with E-state index in [2.05, 4.69) is 14.9 Å². The first kappa shape index (κ1) is 19.1. The summed E-state index contributed by atoms with van der Waals surface area (Å²) in [4.78, 5) is 2.46. The van der Waals surface area contributed by atoms with Gasteiger partial charge in [-0.2, -0.15) is 0 Å². The minimum atomic E-state index is -3.53. The standard InChI is InChI=1S/C18H22ClN3O3S/c19-15-2-1-3-17(14-15)25-16-4-6-18(7-5-16)26(23,24)21-10-13-22-11-8-20-9-12-22/h1-7,14,20-21H,8-13H2. The van der Waals surface area contributed by atoms with E-state index in [9.17, 15) is 8.42 Å². The Balaban J connectivity index is 1.56. The third kappa shape index (κ3) is 5.43. The summed E-state index contributed by atoms with van der Waals surface area (Å²) in [6, 6.07) is 13.4. The molecule has 8 heteroatoms. The van der Waals surface area contributed by atoms with E-state index in [-0.39, 0.29) is 4.90 Å². The average Bonchev–Trinajstić information content (AvgIpc) is 2.63. The summed E-state index contributed by atoms with van der Waals surface area (Å²) in [6.07, 6.45) is 0. The number of hydrogen-bond donors (Lipinski definition) is 2. The Labute approximate surface area is 159 Å². The molecule has 0 aromatic heterocycles. The number of piperazine rings is 1. The highest BCUT2D eigenvalue weighted by Crippen LogP contribution is 2.25. The van der Waals surface area contributed by atoms with Crippen LogP contribution in [-0.2, 0) is 10.0 Å². The molecule has 0 bridgehead atoms. The van der Waals surface area contributed by atoms with E-state index < -0.39 is 10.0 Å². The number of ether oxygens (including phenoxy) is 1. The molecule has 0 spiro atoms. The van der Waals surface area contributed by atoms with Crippen LogP contribution in [0, 0.1) is 0 Å². The van der Waals surface area contributed by atoms with Gasteiger partial charge in [-0.1, -0.05) is 17.7 Å². The van der Waals surface area contributed by atoms with Crippen LogP contribution in [0.4, 0.5) is 0 Å². The quantitative estimate of drug-likeness (QED) is 0.752. The summed E-state index contributed by atoms with van der Waals surface area (Å²) in [7, 11) is -3.53. The molecule has 1 saturated heterocycles. The van der Waals surface area contributed by atoms with Crippen LogP contribution in [0.3, 0.4) is 0 Å². The van der Waals surface area contributed by atoms with Crippen molar-refractivity contribution in [3.05, 3.63) is 53.6 Å². The Bertz CT molecular complexity index is 822. The van der Waals surface area contributed by atoms with E-state index in [1.165, 1.54) is 12.1 Å². The van der Waals surface area contributed by atoms with Gasteiger partial charge in [0.05, 0.1) is 4.90 Å². The van der Waals surface area contributed by atoms with Gasteiger partial charge in [0.15, 0.2) is 0 Å². The van der Waals surface area contributed by atoms with E-state index in [0.717, 1.165) is 26.2 Å². The van der Waals surface area contributed by atoms with Crippen molar-refractivity contribution in [2.24, 2.45) is 0 Å². The molecule has 26 heavy (non-hydrogen) atoms. The van der Waals surface area contributed by atoms with Crippen molar-refractivity contribution in [3.63, 3.8) is 0 Å². The van der Waals surface area contributed by atoms with Crippen LogP contribution in [0.15, 0.2) is 53.4 Å². The number of benzene rings is 2. The Morgan fingerprint density at radius 3 is 2.50 bits per heavy atom. The van der Waals surface area contributed by atoms with E-state index in [1.807, 2.05) is 0 Å². The molecular formula is C18H22ClN3O3S. The number of halogens is 1. The molecular weight excluding hydrogens is 374 g/mol. The van der Waals surface area contributed by atoms with Gasteiger partial charge in [0.25, 0.3) is 0 Å². The van der Waals surface area contributed by atoms with E-state index in [4.69, 9.17) is 16.3 Å². The van der Waals surface area contributed by atoms with E-state index >= 15 is 0 Å². The topological polar surface area (TPSA) is 70.7 Å². The number of rotatable bonds is 7. The maximum atomic E-state index is 12.4. The molecule has 2 aromatic rings. The zero-order valence-electron chi connectivity index (χ0n) is 14.3. The highest BCUT2D eigenvalue weighted by Gasteiger charge is 2.15. The van der Waals surface area contributed by atoms with Gasteiger partial charge in [0.1, 0.15) is 11.5 Å². The maximum absolute atomic E-state index is 12.4. The van der Waals surface area contributed by atoms with Crippen molar-refractivity contribution in [3.8, 4) is 11.5 Å². The van der Waals surface area contributed by atoms with Gasteiger partial charge in [-0.15, -0.1) is 0 Å². The highest BCUT2D eigenvalue weighted by molar-refractivity contribution is 7.89. The van der Waals surface area contributed by atoms with Crippen LogP contribution in [-0.4, -0.2) is 52.6 Å². The van der Waals surface area contributed by atoms with Gasteiger partial charge in [-0.05, 0) is 42.5 Å². The number of nitrogens with zero attached hydrogens (tertiary/aromatic N) is 1. The summed E-state index contributed by atoms with van der Waals surface area (Å²) >= 11 is 5.93. The SMILES string of the molecule is O=S(=O)(NCCN1CCNCC1)c1ccc(Oc2cccc(Cl)c2)cc1. The average molecular weight is 396 g/mol. The molecule has 1 heterocycles. The second-order valence-corrected chi connectivity index (χ2v) is 8.22. The summed E-state index contributed by atoms with van der Waals surface area (Å²) in [5.41, 5.74) is 0. The summed E-state index contributed by atoms with van der Waals surface area (Å²) in [5.74, 6) is 1.15. The van der Waals surface area contributed by atoms with Crippen molar-refractivity contribution in [2.45, 2.75) is 4.90 Å². The van der Waals surface area contributed by atoms with E-state index in [0.29, 0.717) is 29.6 Å². The highest BCUT2D eigenvalue weighted by atomic mass is 35.5. The molecule has 0 unspecified atom stereocenters. The van der Waals surface area contributed by atoms with Crippen LogP contribution in [0.2, 0.25) is 5.02 Å². The molecule has 140 valence electrons. The molecule has 6 nitrogen and oxygen atoms in total. The number of sulfonamides is 1. The predicted molar refractivity (Wildman–Crippen MR) is 102 cm³/mol. The molecule has 0 amide bonds. The lowest BCUT2D eigenvalue weighted by Gasteiger charge is -2.27. The zero-order valence-corrected chi connectivity index (χ0v) is 15.9. The molecule has 0 radical (unpaired) electrons. The van der Waals surface area contributed by atoms with E-state index in [1.54, 1.807) is 36.4 Å². The summed E-state index contributed by atoms with van der Waals surface area (Å²) in [6.45, 7) is 4.87. The van der Waals surface area contributed by atoms with Crippen molar-refractivity contribution in [2.75, 3.05) is 39.3 Å². The first-order chi connectivity index (χ1) is 12.5. The van der Waals surface area contributed by atoms with Gasteiger partial charge in [0.2, 0.25) is 10.0 Å². The minimum absolute atomic E-state index is 0.219. The molecule has 2 N–H and O–H groups in total. The van der Waals surface area contributed by atoms with Crippen molar-refractivity contribution in [1.29, 1.82) is 0 Å². The van der Waals surface area contributed by atoms with Crippen LogP contribution in [0.5, 0.6) is 11.5 Å². The largest absolute Gasteiger partial charge is 0.457 e. The second kappa shape index (κ2) is 8.83. The molecule has 3 rings (SSSR count). The van der Waals surface area contributed by atoms with Crippen LogP contribution in [0.1, 0.15) is 0 Å². The first-order valence-corrected chi connectivity index (χ1v) is 10.4. The summed E-state index contributed by atoms with van der Waals surface area (Å²) in [5, 5.41) is 3.85. The summed E-state index contributed by atoms with van der Waals surface area (Å²) < 4.78 is 33.1. The fraction of sp³-hybridized carbons (Fsp3) is 0.333. The Morgan fingerprint density at radius 2 is 1.81 bits per heavy atom. The third-order valence-electron chi connectivity index (χ3n) is 4.10. The van der Waals surface area contributed by atoms with Gasteiger partial charge in [0, 0.05) is 44.3 Å². The lowest BCUT2D eigenvalue weighted by Crippen LogP contribution is -2.46. The monoisotopic (exact) mass is 395 g/mol. The normalized spacial score (nSPS) is 15.7. The maximum Gasteiger partial charge on any atom is 0.240 e. The second-order valence-electron chi connectivity index (χ2n) is 6.02. The zero-order chi connectivity index (χ0) is 18.4. The fourth-order valence-corrected chi connectivity index (χ4v) is 3.91. The fourth-order valence-electron chi connectivity index (χ4n) is 2.71. The Kier molecular flexibility index (Phi) is 6.50. The smallest absolute Gasteiger partial charge is 0.240 e. The first-order valence-electron chi connectivity index (χ1n) is 8.49. The molecule has 1 fully saturated rings. The predicted octanol–water partition coefficient (Wildman–Crippen LogP) is 2.32. The molecule has 0 aliphatic carbocycles. The van der Waals surface area contributed by atoms with Crippen LogP contribution < -0.4 is 14.8 Å². The van der Waals surface area contributed by atoms with Gasteiger partial charge in [-0.3, -0.25) is 4.90 Å². The Morgan fingerprint density at radius 1 is 1.08 bits per heavy atom. The lowest BCUT2D eigenvalue weighted by molar-refractivity contribution is 0.245. The minimum Gasteiger partial charge on any atom is -0.457 e. The van der Waals surface area contributed by atoms with Gasteiger partial charge >= 0.3 is 0 Å². The molecule has 1 aliphatic rings. The van der Waals surface area contributed by atoms with Gasteiger partial charge in [-0.25, -0.2) is 13.1 Å². The number of hydrogen-bond acceptors (Lipinski definition) is 5. The molecule has 0 saturated carbocycles. The van der Waals surface area contributed by atoms with Crippen molar-refractivity contribution < 1.29 is 13.2 Å². The van der Waals surface area contributed by atoms with Crippen molar-refractivity contribution >= 4 is 21.6 Å². The Hall–Kier alpha value is -1.64.